The maximum Gasteiger partial charge on any atom is 0.185 e. The molecule has 2 rings (SSSR count). The van der Waals surface area contributed by atoms with Crippen LogP contribution in [0.5, 0.6) is 0 Å². The quantitative estimate of drug-likeness (QED) is 0.793. The molecule has 1 aromatic carbocycles. The monoisotopic (exact) mass is 367 g/mol. The molecule has 0 atom stereocenters. The van der Waals surface area contributed by atoms with Gasteiger partial charge in [-0.2, -0.15) is 0 Å². The van der Waals surface area contributed by atoms with Crippen LogP contribution in [0.15, 0.2) is 28.7 Å². The minimum atomic E-state index is 0.880. The summed E-state index contributed by atoms with van der Waals surface area (Å²) in [6.07, 6.45) is 0.989. The van der Waals surface area contributed by atoms with Gasteiger partial charge in [-0.1, -0.05) is 41.9 Å². The molecule has 1 heterocycles. The maximum atomic E-state index is 4.79. The van der Waals surface area contributed by atoms with Crippen molar-refractivity contribution in [2.24, 2.45) is 0 Å². The van der Waals surface area contributed by atoms with Gasteiger partial charge in [-0.3, -0.25) is 0 Å². The van der Waals surface area contributed by atoms with Crippen LogP contribution in [0.25, 0.3) is 0 Å². The maximum absolute atomic E-state index is 4.79. The SMILES string of the molecule is CCNCc1sc(N(C)Cc2ccc(Br)cc2)nc1CC. The standard InChI is InChI=1S/C16H22BrN3S/c1-4-14-15(10-18-5-2)21-16(19-14)20(3)11-12-6-8-13(17)9-7-12/h6-9,18H,4-5,10-11H2,1-3H3. The van der Waals surface area contributed by atoms with Gasteiger partial charge >= 0.3 is 0 Å². The van der Waals surface area contributed by atoms with Crippen molar-refractivity contribution in [2.45, 2.75) is 33.4 Å². The number of hydrogen-bond donors (Lipinski definition) is 1. The van der Waals surface area contributed by atoms with E-state index in [-0.39, 0.29) is 0 Å². The minimum absolute atomic E-state index is 0.880. The molecule has 0 saturated carbocycles. The van der Waals surface area contributed by atoms with E-state index in [4.69, 9.17) is 4.98 Å². The highest BCUT2D eigenvalue weighted by Crippen LogP contribution is 2.27. The average molecular weight is 368 g/mol. The number of rotatable bonds is 7. The first-order valence-corrected chi connectivity index (χ1v) is 8.89. The van der Waals surface area contributed by atoms with E-state index in [2.05, 4.69) is 71.3 Å². The fourth-order valence-corrected chi connectivity index (χ4v) is 3.46. The molecule has 0 amide bonds. The molecular formula is C16H22BrN3S. The molecule has 0 aliphatic rings. The predicted molar refractivity (Wildman–Crippen MR) is 95.1 cm³/mol. The van der Waals surface area contributed by atoms with Crippen LogP contribution in [0.2, 0.25) is 0 Å². The Hall–Kier alpha value is -0.910. The molecule has 5 heteroatoms. The van der Waals surface area contributed by atoms with Crippen molar-refractivity contribution >= 4 is 32.4 Å². The van der Waals surface area contributed by atoms with E-state index in [1.807, 2.05) is 0 Å². The molecule has 0 unspecified atom stereocenters. The Bertz CT molecular complexity index is 565. The van der Waals surface area contributed by atoms with Crippen LogP contribution >= 0.6 is 27.3 Å². The van der Waals surface area contributed by atoms with Gasteiger partial charge in [0.1, 0.15) is 0 Å². The van der Waals surface area contributed by atoms with Gasteiger partial charge in [0.05, 0.1) is 5.69 Å². The number of nitrogens with zero attached hydrogens (tertiary/aromatic N) is 2. The second kappa shape index (κ2) is 7.92. The third-order valence-corrected chi connectivity index (χ3v) is 5.04. The van der Waals surface area contributed by atoms with E-state index in [0.717, 1.165) is 35.7 Å². The van der Waals surface area contributed by atoms with Crippen molar-refractivity contribution in [1.29, 1.82) is 0 Å². The fraction of sp³-hybridized carbons (Fsp3) is 0.438. The number of halogens is 1. The first kappa shape index (κ1) is 16.5. The molecular weight excluding hydrogens is 346 g/mol. The van der Waals surface area contributed by atoms with Crippen LogP contribution in [0, 0.1) is 0 Å². The Balaban J connectivity index is 2.09. The molecule has 0 saturated heterocycles. The lowest BCUT2D eigenvalue weighted by molar-refractivity contribution is 0.727. The highest BCUT2D eigenvalue weighted by Gasteiger charge is 2.12. The van der Waals surface area contributed by atoms with Crippen molar-refractivity contribution in [2.75, 3.05) is 18.5 Å². The molecule has 0 aliphatic heterocycles. The van der Waals surface area contributed by atoms with Crippen LogP contribution in [0.3, 0.4) is 0 Å². The summed E-state index contributed by atoms with van der Waals surface area (Å²) in [7, 11) is 2.11. The zero-order valence-electron chi connectivity index (χ0n) is 12.8. The summed E-state index contributed by atoms with van der Waals surface area (Å²) < 4.78 is 1.12. The lowest BCUT2D eigenvalue weighted by Gasteiger charge is -2.15. The van der Waals surface area contributed by atoms with Crippen molar-refractivity contribution in [3.8, 4) is 0 Å². The van der Waals surface area contributed by atoms with Crippen molar-refractivity contribution in [3.63, 3.8) is 0 Å². The number of nitrogens with one attached hydrogen (secondary N) is 1. The number of aryl methyl sites for hydroxylation is 1. The number of anilines is 1. The summed E-state index contributed by atoms with van der Waals surface area (Å²) in [5, 5.41) is 4.49. The van der Waals surface area contributed by atoms with E-state index >= 15 is 0 Å². The Labute approximate surface area is 139 Å². The Morgan fingerprint density at radius 2 is 1.95 bits per heavy atom. The van der Waals surface area contributed by atoms with Crippen LogP contribution in [0.4, 0.5) is 5.13 Å². The fourth-order valence-electron chi connectivity index (χ4n) is 2.12. The van der Waals surface area contributed by atoms with E-state index in [1.165, 1.54) is 16.1 Å². The van der Waals surface area contributed by atoms with Crippen LogP contribution in [0.1, 0.15) is 30.0 Å². The zero-order chi connectivity index (χ0) is 15.2. The van der Waals surface area contributed by atoms with E-state index in [1.54, 1.807) is 11.3 Å². The average Bonchev–Trinajstić information content (AvgIpc) is 2.91. The van der Waals surface area contributed by atoms with E-state index < -0.39 is 0 Å². The number of hydrogen-bond acceptors (Lipinski definition) is 4. The summed E-state index contributed by atoms with van der Waals surface area (Å²) in [4.78, 5) is 8.37. The minimum Gasteiger partial charge on any atom is -0.347 e. The smallest absolute Gasteiger partial charge is 0.185 e. The Morgan fingerprint density at radius 3 is 2.57 bits per heavy atom. The highest BCUT2D eigenvalue weighted by atomic mass is 79.9. The summed E-state index contributed by atoms with van der Waals surface area (Å²) >= 11 is 5.27. The van der Waals surface area contributed by atoms with Crippen LogP contribution < -0.4 is 10.2 Å². The van der Waals surface area contributed by atoms with Gasteiger partial charge in [-0.15, -0.1) is 11.3 Å². The van der Waals surface area contributed by atoms with Crippen molar-refractivity contribution in [3.05, 3.63) is 44.9 Å². The molecule has 114 valence electrons. The topological polar surface area (TPSA) is 28.2 Å². The Kier molecular flexibility index (Phi) is 6.21. The van der Waals surface area contributed by atoms with Crippen molar-refractivity contribution < 1.29 is 0 Å². The molecule has 1 N–H and O–H groups in total. The molecule has 0 spiro atoms. The van der Waals surface area contributed by atoms with Gasteiger partial charge in [0.25, 0.3) is 0 Å². The summed E-state index contributed by atoms with van der Waals surface area (Å²) in [6.45, 7) is 7.09. The molecule has 0 aliphatic carbocycles. The van der Waals surface area contributed by atoms with Crippen LogP contribution in [-0.2, 0) is 19.5 Å². The summed E-state index contributed by atoms with van der Waals surface area (Å²) in [5.41, 5.74) is 2.51. The first-order chi connectivity index (χ1) is 10.1. The molecule has 0 fully saturated rings. The van der Waals surface area contributed by atoms with Gasteiger partial charge in [-0.25, -0.2) is 4.98 Å². The third kappa shape index (κ3) is 4.53. The van der Waals surface area contributed by atoms with Gasteiger partial charge in [0.2, 0.25) is 0 Å². The highest BCUT2D eigenvalue weighted by molar-refractivity contribution is 9.10. The van der Waals surface area contributed by atoms with Crippen LogP contribution in [-0.4, -0.2) is 18.6 Å². The molecule has 0 radical (unpaired) electrons. The predicted octanol–water partition coefficient (Wildman–Crippen LogP) is 4.21. The molecule has 1 aromatic heterocycles. The third-order valence-electron chi connectivity index (χ3n) is 3.30. The van der Waals surface area contributed by atoms with Gasteiger partial charge in [0.15, 0.2) is 5.13 Å². The largest absolute Gasteiger partial charge is 0.347 e. The lowest BCUT2D eigenvalue weighted by atomic mass is 10.2. The van der Waals surface area contributed by atoms with Gasteiger partial charge in [-0.05, 0) is 30.7 Å². The second-order valence-corrected chi connectivity index (χ2v) is 6.96. The molecule has 2 aromatic rings. The molecule has 0 bridgehead atoms. The first-order valence-electron chi connectivity index (χ1n) is 7.28. The van der Waals surface area contributed by atoms with E-state index in [9.17, 15) is 0 Å². The van der Waals surface area contributed by atoms with E-state index in [0.29, 0.717) is 0 Å². The molecule has 3 nitrogen and oxygen atoms in total. The summed E-state index contributed by atoms with van der Waals surface area (Å²) in [6, 6.07) is 8.46. The number of thiazole rings is 1. The van der Waals surface area contributed by atoms with Crippen molar-refractivity contribution in [1.82, 2.24) is 10.3 Å². The van der Waals surface area contributed by atoms with Gasteiger partial charge < -0.3 is 10.2 Å². The zero-order valence-corrected chi connectivity index (χ0v) is 15.2. The molecule has 21 heavy (non-hydrogen) atoms. The summed E-state index contributed by atoms with van der Waals surface area (Å²) in [5.74, 6) is 0. The lowest BCUT2D eigenvalue weighted by Crippen LogP contribution is -2.16. The Morgan fingerprint density at radius 1 is 1.24 bits per heavy atom. The normalized spacial score (nSPS) is 10.9. The van der Waals surface area contributed by atoms with Gasteiger partial charge in [0, 0.05) is 29.5 Å². The second-order valence-electron chi connectivity index (χ2n) is 4.98. The number of aromatic nitrogens is 1. The number of benzene rings is 1.